The maximum atomic E-state index is 6.78. The van der Waals surface area contributed by atoms with Crippen LogP contribution in [-0.4, -0.2) is 14.5 Å². The molecule has 6 heteroatoms. The van der Waals surface area contributed by atoms with E-state index in [1.54, 1.807) is 0 Å². The van der Waals surface area contributed by atoms with Crippen molar-refractivity contribution in [2.45, 2.75) is 33.2 Å². The molecule has 0 atom stereocenters. The zero-order valence-electron chi connectivity index (χ0n) is 13.3. The number of nitrogens with zero attached hydrogens (tertiary/aromatic N) is 3. The highest BCUT2D eigenvalue weighted by atomic mass is 79.9. The van der Waals surface area contributed by atoms with E-state index in [0.717, 1.165) is 32.2 Å². The molecule has 0 radical (unpaired) electrons. The topological polar surface area (TPSA) is 30.7 Å². The van der Waals surface area contributed by atoms with Gasteiger partial charge in [-0.3, -0.25) is 0 Å². The number of hydrogen-bond acceptors (Lipinski definition) is 2. The number of fused-ring (bicyclic) bond motifs is 1. The minimum absolute atomic E-state index is 0.235. The van der Waals surface area contributed by atoms with Gasteiger partial charge in [0, 0.05) is 15.6 Å². The van der Waals surface area contributed by atoms with E-state index >= 15 is 0 Å². The van der Waals surface area contributed by atoms with Crippen molar-refractivity contribution in [2.75, 3.05) is 0 Å². The molecule has 0 saturated carbocycles. The molecule has 0 unspecified atom stereocenters. The molecule has 0 aliphatic heterocycles. The largest absolute Gasteiger partial charge is 0.310 e. The normalized spacial score (nSPS) is 12.1. The number of aromatic nitrogens is 3. The summed E-state index contributed by atoms with van der Waals surface area (Å²) in [6.07, 6.45) is 1.47. The van der Waals surface area contributed by atoms with Crippen LogP contribution in [0.5, 0.6) is 0 Å². The van der Waals surface area contributed by atoms with Crippen molar-refractivity contribution >= 4 is 50.2 Å². The number of benzene rings is 1. The number of rotatable bonds is 1. The lowest BCUT2D eigenvalue weighted by Gasteiger charge is -2.23. The van der Waals surface area contributed by atoms with Crippen molar-refractivity contribution in [3.8, 4) is 11.1 Å². The molecule has 3 nitrogen and oxygen atoms in total. The minimum atomic E-state index is -0.235. The predicted octanol–water partition coefficient (Wildman–Crippen LogP) is 6.23. The fraction of sp³-hybridized carbons (Fsp3) is 0.294. The van der Waals surface area contributed by atoms with Crippen molar-refractivity contribution in [1.82, 2.24) is 14.5 Å². The maximum absolute atomic E-state index is 6.78. The van der Waals surface area contributed by atoms with Gasteiger partial charge in [-0.2, -0.15) is 0 Å². The summed E-state index contributed by atoms with van der Waals surface area (Å²) < 4.78 is 2.96. The van der Waals surface area contributed by atoms with Gasteiger partial charge in [0.25, 0.3) is 0 Å². The van der Waals surface area contributed by atoms with Gasteiger partial charge in [-0.1, -0.05) is 56.8 Å². The highest BCUT2D eigenvalue weighted by molar-refractivity contribution is 9.10. The lowest BCUT2D eigenvalue weighted by Crippen LogP contribution is -2.22. The molecule has 2 heterocycles. The Morgan fingerprint density at radius 2 is 1.83 bits per heavy atom. The average Bonchev–Trinajstić information content (AvgIpc) is 2.75. The Kier molecular flexibility index (Phi) is 4.20. The Hall–Kier alpha value is -1.10. The second kappa shape index (κ2) is 5.76. The first-order valence-electron chi connectivity index (χ1n) is 7.19. The highest BCUT2D eigenvalue weighted by Gasteiger charge is 2.28. The summed E-state index contributed by atoms with van der Waals surface area (Å²) in [5.74, 6) is 0. The second-order valence-electron chi connectivity index (χ2n) is 6.52. The third-order valence-electron chi connectivity index (χ3n) is 3.71. The monoisotopic (exact) mass is 411 g/mol. The Bertz CT molecular complexity index is 910. The number of hydrogen-bond donors (Lipinski definition) is 0. The SMILES string of the molecule is Cc1ccc(Br)c(-c2c(Cl)n(C(C)(C)C)c3ncnc(Cl)c23)c1. The van der Waals surface area contributed by atoms with Crippen molar-refractivity contribution in [3.63, 3.8) is 0 Å². The maximum Gasteiger partial charge on any atom is 0.147 e. The van der Waals surface area contributed by atoms with Crippen molar-refractivity contribution < 1.29 is 0 Å². The molecule has 0 amide bonds. The smallest absolute Gasteiger partial charge is 0.147 e. The van der Waals surface area contributed by atoms with Crippen LogP contribution in [0, 0.1) is 6.92 Å². The van der Waals surface area contributed by atoms with Gasteiger partial charge in [0.2, 0.25) is 0 Å². The molecule has 2 aromatic heterocycles. The van der Waals surface area contributed by atoms with Crippen LogP contribution in [0.2, 0.25) is 10.3 Å². The zero-order valence-corrected chi connectivity index (χ0v) is 16.4. The summed E-state index contributed by atoms with van der Waals surface area (Å²) in [5.41, 5.74) is 3.49. The highest BCUT2D eigenvalue weighted by Crippen LogP contribution is 2.44. The van der Waals surface area contributed by atoms with Gasteiger partial charge in [0.15, 0.2) is 0 Å². The molecule has 23 heavy (non-hydrogen) atoms. The number of aryl methyl sites for hydroxylation is 1. The molecule has 0 aliphatic carbocycles. The van der Waals surface area contributed by atoms with Crippen molar-refractivity contribution in [1.29, 1.82) is 0 Å². The lowest BCUT2D eigenvalue weighted by atomic mass is 10.0. The van der Waals surface area contributed by atoms with E-state index in [4.69, 9.17) is 23.2 Å². The molecular weight excluding hydrogens is 397 g/mol. The van der Waals surface area contributed by atoms with Gasteiger partial charge < -0.3 is 4.57 Å². The Labute approximate surface area is 153 Å². The average molecular weight is 413 g/mol. The fourth-order valence-corrected chi connectivity index (χ4v) is 3.93. The standard InChI is InChI=1S/C17H16BrCl2N3/c1-9-5-6-11(18)10(7-9)12-13-14(19)21-8-22-16(13)23(15(12)20)17(2,3)4/h5-8H,1-4H3. The first-order valence-corrected chi connectivity index (χ1v) is 8.74. The molecule has 0 aliphatic rings. The van der Waals surface area contributed by atoms with E-state index < -0.39 is 0 Å². The molecule has 120 valence electrons. The van der Waals surface area contributed by atoms with Crippen LogP contribution in [0.25, 0.3) is 22.2 Å². The molecule has 3 aromatic rings. The zero-order chi connectivity index (χ0) is 16.9. The Morgan fingerprint density at radius 1 is 1.13 bits per heavy atom. The third-order valence-corrected chi connectivity index (χ3v) is 5.04. The van der Waals surface area contributed by atoms with Crippen molar-refractivity contribution in [3.05, 3.63) is 44.9 Å². The molecule has 0 saturated heterocycles. The van der Waals surface area contributed by atoms with Crippen LogP contribution >= 0.6 is 39.1 Å². The van der Waals surface area contributed by atoms with E-state index in [1.807, 2.05) is 23.6 Å². The van der Waals surface area contributed by atoms with Gasteiger partial charge in [-0.15, -0.1) is 0 Å². The van der Waals surface area contributed by atoms with Gasteiger partial charge in [0.1, 0.15) is 22.3 Å². The van der Waals surface area contributed by atoms with E-state index in [1.165, 1.54) is 6.33 Å². The summed E-state index contributed by atoms with van der Waals surface area (Å²) in [7, 11) is 0. The summed E-state index contributed by atoms with van der Waals surface area (Å²) in [5, 5.41) is 1.80. The van der Waals surface area contributed by atoms with E-state index in [-0.39, 0.29) is 5.54 Å². The summed E-state index contributed by atoms with van der Waals surface area (Å²) in [6.45, 7) is 8.31. The van der Waals surface area contributed by atoms with Gasteiger partial charge in [-0.05, 0) is 39.3 Å². The van der Waals surface area contributed by atoms with Crippen LogP contribution in [-0.2, 0) is 5.54 Å². The fourth-order valence-electron chi connectivity index (χ4n) is 2.74. The summed E-state index contributed by atoms with van der Waals surface area (Å²) >= 11 is 16.8. The van der Waals surface area contributed by atoms with Crippen LogP contribution in [0.3, 0.4) is 0 Å². The predicted molar refractivity (Wildman–Crippen MR) is 100 cm³/mol. The molecule has 0 spiro atoms. The second-order valence-corrected chi connectivity index (χ2v) is 8.09. The van der Waals surface area contributed by atoms with Gasteiger partial charge >= 0.3 is 0 Å². The van der Waals surface area contributed by atoms with E-state index in [0.29, 0.717) is 10.3 Å². The molecule has 1 aromatic carbocycles. The molecular formula is C17H16BrCl2N3. The molecule has 0 N–H and O–H groups in total. The van der Waals surface area contributed by atoms with Crippen LogP contribution < -0.4 is 0 Å². The molecule has 3 rings (SSSR count). The lowest BCUT2D eigenvalue weighted by molar-refractivity contribution is 0.409. The quantitative estimate of drug-likeness (QED) is 0.443. The first-order chi connectivity index (χ1) is 10.7. The summed E-state index contributed by atoms with van der Waals surface area (Å²) in [4.78, 5) is 8.58. The van der Waals surface area contributed by atoms with Gasteiger partial charge in [-0.25, -0.2) is 9.97 Å². The van der Waals surface area contributed by atoms with E-state index in [9.17, 15) is 0 Å². The number of halogens is 3. The van der Waals surface area contributed by atoms with E-state index in [2.05, 4.69) is 52.7 Å². The van der Waals surface area contributed by atoms with Crippen LogP contribution in [0.15, 0.2) is 29.0 Å². The van der Waals surface area contributed by atoms with Crippen LogP contribution in [0.1, 0.15) is 26.3 Å². The summed E-state index contributed by atoms with van der Waals surface area (Å²) in [6, 6.07) is 6.14. The molecule has 0 bridgehead atoms. The Balaban J connectivity index is 2.51. The van der Waals surface area contributed by atoms with Gasteiger partial charge in [0.05, 0.1) is 5.39 Å². The van der Waals surface area contributed by atoms with Crippen LogP contribution in [0.4, 0.5) is 0 Å². The molecule has 0 fully saturated rings. The third kappa shape index (κ3) is 2.77. The Morgan fingerprint density at radius 3 is 2.48 bits per heavy atom. The van der Waals surface area contributed by atoms with Crippen molar-refractivity contribution in [2.24, 2.45) is 0 Å². The first kappa shape index (κ1) is 16.7. The minimum Gasteiger partial charge on any atom is -0.310 e.